The lowest BCUT2D eigenvalue weighted by molar-refractivity contribution is 0.450. The standard InChI is InChI=1S/C8H8NOP/c1-5-7-3-2-6(11)4-8(7)10-9-5/h2-4H,11H2,1H3. The maximum absolute atomic E-state index is 5.07. The molecule has 56 valence electrons. The molecule has 0 saturated carbocycles. The van der Waals surface area contributed by atoms with Gasteiger partial charge in [-0.25, -0.2) is 0 Å². The molecule has 1 aromatic carbocycles. The summed E-state index contributed by atoms with van der Waals surface area (Å²) in [5.74, 6) is 0. The van der Waals surface area contributed by atoms with Gasteiger partial charge in [-0.1, -0.05) is 11.2 Å². The van der Waals surface area contributed by atoms with Crippen LogP contribution in [-0.4, -0.2) is 5.16 Å². The van der Waals surface area contributed by atoms with Crippen LogP contribution in [0.4, 0.5) is 0 Å². The summed E-state index contributed by atoms with van der Waals surface area (Å²) in [6.45, 7) is 1.94. The molecule has 1 unspecified atom stereocenters. The highest BCUT2D eigenvalue weighted by Gasteiger charge is 2.01. The van der Waals surface area contributed by atoms with Crippen LogP contribution in [0.15, 0.2) is 22.7 Å². The number of fused-ring (bicyclic) bond motifs is 1. The lowest BCUT2D eigenvalue weighted by Crippen LogP contribution is -1.85. The van der Waals surface area contributed by atoms with Crippen molar-refractivity contribution in [1.29, 1.82) is 0 Å². The third kappa shape index (κ3) is 1.04. The van der Waals surface area contributed by atoms with E-state index in [1.807, 2.05) is 25.1 Å². The molecule has 3 heteroatoms. The zero-order chi connectivity index (χ0) is 7.84. The first-order valence-electron chi connectivity index (χ1n) is 3.39. The molecular formula is C8H8NOP. The Kier molecular flexibility index (Phi) is 1.43. The van der Waals surface area contributed by atoms with E-state index >= 15 is 0 Å². The van der Waals surface area contributed by atoms with Gasteiger partial charge in [0.15, 0.2) is 5.58 Å². The van der Waals surface area contributed by atoms with Crippen LogP contribution in [0.2, 0.25) is 0 Å². The second kappa shape index (κ2) is 2.31. The Hall–Kier alpha value is -0.880. The van der Waals surface area contributed by atoms with Crippen molar-refractivity contribution in [3.05, 3.63) is 23.9 Å². The minimum absolute atomic E-state index is 0.856. The highest BCUT2D eigenvalue weighted by Crippen LogP contribution is 2.16. The second-order valence-electron chi connectivity index (χ2n) is 2.52. The van der Waals surface area contributed by atoms with Crippen molar-refractivity contribution in [1.82, 2.24) is 5.16 Å². The molecule has 2 aromatic rings. The van der Waals surface area contributed by atoms with E-state index < -0.39 is 0 Å². The van der Waals surface area contributed by atoms with Crippen LogP contribution in [0.1, 0.15) is 5.69 Å². The number of aryl methyl sites for hydroxylation is 1. The van der Waals surface area contributed by atoms with Crippen LogP contribution in [0.3, 0.4) is 0 Å². The van der Waals surface area contributed by atoms with E-state index in [0.29, 0.717) is 0 Å². The molecule has 2 rings (SSSR count). The van der Waals surface area contributed by atoms with Gasteiger partial charge in [0.25, 0.3) is 0 Å². The van der Waals surface area contributed by atoms with Crippen LogP contribution in [0.25, 0.3) is 11.0 Å². The van der Waals surface area contributed by atoms with Crippen molar-refractivity contribution in [2.24, 2.45) is 0 Å². The van der Waals surface area contributed by atoms with Gasteiger partial charge in [-0.3, -0.25) is 0 Å². The van der Waals surface area contributed by atoms with Crippen molar-refractivity contribution in [3.8, 4) is 0 Å². The Morgan fingerprint density at radius 2 is 2.27 bits per heavy atom. The molecule has 0 fully saturated rings. The number of aromatic nitrogens is 1. The highest BCUT2D eigenvalue weighted by atomic mass is 31.0. The summed E-state index contributed by atoms with van der Waals surface area (Å²) < 4.78 is 5.07. The SMILES string of the molecule is Cc1noc2cc(P)ccc12. The monoisotopic (exact) mass is 165 g/mol. The molecule has 11 heavy (non-hydrogen) atoms. The van der Waals surface area contributed by atoms with Gasteiger partial charge in [0, 0.05) is 5.39 Å². The first kappa shape index (κ1) is 6.81. The van der Waals surface area contributed by atoms with Gasteiger partial charge in [-0.05, 0) is 24.4 Å². The van der Waals surface area contributed by atoms with Gasteiger partial charge in [0.1, 0.15) is 0 Å². The first-order valence-corrected chi connectivity index (χ1v) is 3.96. The Balaban J connectivity index is 2.86. The molecule has 1 heterocycles. The predicted molar refractivity (Wildman–Crippen MR) is 48.1 cm³/mol. The van der Waals surface area contributed by atoms with Gasteiger partial charge >= 0.3 is 0 Å². The fourth-order valence-electron chi connectivity index (χ4n) is 1.08. The Morgan fingerprint density at radius 1 is 1.45 bits per heavy atom. The average Bonchev–Trinajstić information content (AvgIpc) is 2.32. The van der Waals surface area contributed by atoms with Crippen LogP contribution >= 0.6 is 9.24 Å². The molecule has 0 N–H and O–H groups in total. The number of hydrogen-bond acceptors (Lipinski definition) is 2. The van der Waals surface area contributed by atoms with E-state index in [0.717, 1.165) is 22.0 Å². The van der Waals surface area contributed by atoms with Crippen LogP contribution in [0, 0.1) is 6.92 Å². The summed E-state index contributed by atoms with van der Waals surface area (Å²) in [4.78, 5) is 0. The van der Waals surface area contributed by atoms with E-state index in [1.54, 1.807) is 0 Å². The number of benzene rings is 1. The number of nitrogens with zero attached hydrogens (tertiary/aromatic N) is 1. The van der Waals surface area contributed by atoms with Gasteiger partial charge < -0.3 is 4.52 Å². The van der Waals surface area contributed by atoms with E-state index in [4.69, 9.17) is 4.52 Å². The van der Waals surface area contributed by atoms with Crippen LogP contribution in [0.5, 0.6) is 0 Å². The van der Waals surface area contributed by atoms with Gasteiger partial charge in [-0.2, -0.15) is 0 Å². The predicted octanol–water partition coefficient (Wildman–Crippen LogP) is 1.64. The fourth-order valence-corrected chi connectivity index (χ4v) is 1.33. The smallest absolute Gasteiger partial charge is 0.167 e. The third-order valence-electron chi connectivity index (χ3n) is 1.68. The molecule has 2 nitrogen and oxygen atoms in total. The van der Waals surface area contributed by atoms with E-state index in [-0.39, 0.29) is 0 Å². The lowest BCUT2D eigenvalue weighted by atomic mass is 10.2. The summed E-state index contributed by atoms with van der Waals surface area (Å²) in [7, 11) is 2.62. The quantitative estimate of drug-likeness (QED) is 0.554. The first-order chi connectivity index (χ1) is 5.27. The molecule has 0 aliphatic heterocycles. The van der Waals surface area contributed by atoms with E-state index in [9.17, 15) is 0 Å². The van der Waals surface area contributed by atoms with Crippen molar-refractivity contribution in [2.75, 3.05) is 0 Å². The van der Waals surface area contributed by atoms with Gasteiger partial charge in [0.05, 0.1) is 5.69 Å². The lowest BCUT2D eigenvalue weighted by Gasteiger charge is -1.88. The number of rotatable bonds is 0. The maximum Gasteiger partial charge on any atom is 0.167 e. The van der Waals surface area contributed by atoms with E-state index in [2.05, 4.69) is 14.4 Å². The Bertz CT molecular complexity index is 394. The topological polar surface area (TPSA) is 26.0 Å². The molecular weight excluding hydrogens is 157 g/mol. The summed E-state index contributed by atoms with van der Waals surface area (Å²) in [5.41, 5.74) is 1.81. The van der Waals surface area contributed by atoms with Gasteiger partial charge in [0.2, 0.25) is 0 Å². The normalized spacial score (nSPS) is 10.7. The molecule has 0 aliphatic carbocycles. The largest absolute Gasteiger partial charge is 0.356 e. The minimum atomic E-state index is 0.856. The van der Waals surface area contributed by atoms with Crippen molar-refractivity contribution >= 4 is 25.5 Å². The summed E-state index contributed by atoms with van der Waals surface area (Å²) in [5, 5.41) is 6.07. The summed E-state index contributed by atoms with van der Waals surface area (Å²) >= 11 is 0. The summed E-state index contributed by atoms with van der Waals surface area (Å²) in [6.07, 6.45) is 0. The average molecular weight is 165 g/mol. The zero-order valence-electron chi connectivity index (χ0n) is 6.16. The molecule has 0 radical (unpaired) electrons. The molecule has 0 bridgehead atoms. The number of hydrogen-bond donors (Lipinski definition) is 0. The minimum Gasteiger partial charge on any atom is -0.356 e. The molecule has 0 amide bonds. The fraction of sp³-hybridized carbons (Fsp3) is 0.125. The van der Waals surface area contributed by atoms with Crippen molar-refractivity contribution in [2.45, 2.75) is 6.92 Å². The molecule has 1 aromatic heterocycles. The van der Waals surface area contributed by atoms with Crippen molar-refractivity contribution in [3.63, 3.8) is 0 Å². The molecule has 0 aliphatic rings. The van der Waals surface area contributed by atoms with Crippen molar-refractivity contribution < 1.29 is 4.52 Å². The molecule has 0 spiro atoms. The maximum atomic E-state index is 5.07. The van der Waals surface area contributed by atoms with E-state index in [1.165, 1.54) is 0 Å². The van der Waals surface area contributed by atoms with Crippen LogP contribution < -0.4 is 5.30 Å². The summed E-state index contributed by atoms with van der Waals surface area (Å²) in [6, 6.07) is 6.00. The van der Waals surface area contributed by atoms with Crippen LogP contribution in [-0.2, 0) is 0 Å². The second-order valence-corrected chi connectivity index (χ2v) is 3.19. The Morgan fingerprint density at radius 3 is 3.09 bits per heavy atom. The highest BCUT2D eigenvalue weighted by molar-refractivity contribution is 7.27. The Labute approximate surface area is 66.8 Å². The molecule has 1 atom stereocenters. The van der Waals surface area contributed by atoms with Gasteiger partial charge in [-0.15, -0.1) is 9.24 Å². The zero-order valence-corrected chi connectivity index (χ0v) is 7.32. The third-order valence-corrected chi connectivity index (χ3v) is 2.04. The molecule has 0 saturated heterocycles.